The first-order chi connectivity index (χ1) is 6.11. The normalized spacial score (nSPS) is 10.2. The largest absolute Gasteiger partial charge is 0.496 e. The summed E-state index contributed by atoms with van der Waals surface area (Å²) in [6.07, 6.45) is 0. The standard InChI is InChI=1S/C10H14BrNO/c1-6-7(2)10(11)8(5-12)4-9(6)13-3/h4H,5,12H2,1-3H3. The van der Waals surface area contributed by atoms with Gasteiger partial charge in [-0.2, -0.15) is 0 Å². The van der Waals surface area contributed by atoms with Crippen LogP contribution < -0.4 is 10.5 Å². The molecule has 0 aliphatic carbocycles. The SMILES string of the molecule is COc1cc(CN)c(Br)c(C)c1C. The first-order valence-corrected chi connectivity index (χ1v) is 4.93. The molecule has 2 N–H and O–H groups in total. The lowest BCUT2D eigenvalue weighted by atomic mass is 10.1. The molecule has 1 aromatic rings. The molecule has 13 heavy (non-hydrogen) atoms. The Hall–Kier alpha value is -0.540. The van der Waals surface area contributed by atoms with E-state index >= 15 is 0 Å². The Labute approximate surface area is 87.2 Å². The number of nitrogens with two attached hydrogens (primary N) is 1. The zero-order valence-corrected chi connectivity index (χ0v) is 9.73. The van der Waals surface area contributed by atoms with Gasteiger partial charge in [0, 0.05) is 11.0 Å². The van der Waals surface area contributed by atoms with Crippen LogP contribution in [0.1, 0.15) is 16.7 Å². The van der Waals surface area contributed by atoms with Gasteiger partial charge in [-0.05, 0) is 36.6 Å². The van der Waals surface area contributed by atoms with Crippen molar-refractivity contribution in [3.8, 4) is 5.75 Å². The Morgan fingerprint density at radius 1 is 1.38 bits per heavy atom. The molecule has 0 fully saturated rings. The second-order valence-electron chi connectivity index (χ2n) is 3.01. The first-order valence-electron chi connectivity index (χ1n) is 4.14. The maximum absolute atomic E-state index is 5.61. The van der Waals surface area contributed by atoms with Gasteiger partial charge in [-0.3, -0.25) is 0 Å². The van der Waals surface area contributed by atoms with Crippen LogP contribution in [0.2, 0.25) is 0 Å². The van der Waals surface area contributed by atoms with Crippen molar-refractivity contribution in [2.75, 3.05) is 7.11 Å². The highest BCUT2D eigenvalue weighted by Gasteiger charge is 2.09. The summed E-state index contributed by atoms with van der Waals surface area (Å²) in [6, 6.07) is 1.98. The summed E-state index contributed by atoms with van der Waals surface area (Å²) in [5.74, 6) is 0.904. The van der Waals surface area contributed by atoms with Crippen molar-refractivity contribution in [3.05, 3.63) is 27.2 Å². The topological polar surface area (TPSA) is 35.2 Å². The van der Waals surface area contributed by atoms with E-state index in [-0.39, 0.29) is 0 Å². The first kappa shape index (κ1) is 10.5. The molecular formula is C10H14BrNO. The number of hydrogen-bond acceptors (Lipinski definition) is 2. The van der Waals surface area contributed by atoms with Crippen LogP contribution in [0.5, 0.6) is 5.75 Å². The maximum Gasteiger partial charge on any atom is 0.122 e. The average molecular weight is 244 g/mol. The summed E-state index contributed by atoms with van der Waals surface area (Å²) in [4.78, 5) is 0. The van der Waals surface area contributed by atoms with Gasteiger partial charge in [-0.1, -0.05) is 15.9 Å². The van der Waals surface area contributed by atoms with E-state index in [2.05, 4.69) is 22.9 Å². The minimum Gasteiger partial charge on any atom is -0.496 e. The van der Waals surface area contributed by atoms with Crippen LogP contribution in [0.3, 0.4) is 0 Å². The summed E-state index contributed by atoms with van der Waals surface area (Å²) in [5, 5.41) is 0. The van der Waals surface area contributed by atoms with E-state index in [0.717, 1.165) is 21.3 Å². The molecule has 2 nitrogen and oxygen atoms in total. The van der Waals surface area contributed by atoms with E-state index in [4.69, 9.17) is 10.5 Å². The number of methoxy groups -OCH3 is 1. The number of rotatable bonds is 2. The molecule has 0 atom stereocenters. The molecule has 0 heterocycles. The fourth-order valence-corrected chi connectivity index (χ4v) is 1.85. The van der Waals surface area contributed by atoms with Gasteiger partial charge >= 0.3 is 0 Å². The van der Waals surface area contributed by atoms with Crippen molar-refractivity contribution in [3.63, 3.8) is 0 Å². The van der Waals surface area contributed by atoms with Gasteiger partial charge in [-0.15, -0.1) is 0 Å². The molecule has 0 aromatic heterocycles. The molecule has 0 unspecified atom stereocenters. The zero-order valence-electron chi connectivity index (χ0n) is 8.15. The van der Waals surface area contributed by atoms with Crippen LogP contribution in [0, 0.1) is 13.8 Å². The van der Waals surface area contributed by atoms with Gasteiger partial charge in [0.05, 0.1) is 7.11 Å². The van der Waals surface area contributed by atoms with Crippen LogP contribution in [0.25, 0.3) is 0 Å². The van der Waals surface area contributed by atoms with Crippen molar-refractivity contribution < 1.29 is 4.74 Å². The third-order valence-electron chi connectivity index (χ3n) is 2.29. The molecule has 0 aliphatic heterocycles. The van der Waals surface area contributed by atoms with Crippen LogP contribution in [0.4, 0.5) is 0 Å². The molecule has 1 rings (SSSR count). The minimum atomic E-state index is 0.526. The molecule has 0 aliphatic rings. The van der Waals surface area contributed by atoms with Crippen LogP contribution in [-0.2, 0) is 6.54 Å². The van der Waals surface area contributed by atoms with Crippen molar-refractivity contribution in [1.29, 1.82) is 0 Å². The van der Waals surface area contributed by atoms with E-state index in [1.807, 2.05) is 13.0 Å². The lowest BCUT2D eigenvalue weighted by Gasteiger charge is -2.12. The lowest BCUT2D eigenvalue weighted by Crippen LogP contribution is -2.01. The summed E-state index contributed by atoms with van der Waals surface area (Å²) in [5.41, 5.74) is 9.04. The summed E-state index contributed by atoms with van der Waals surface area (Å²) >= 11 is 3.52. The minimum absolute atomic E-state index is 0.526. The molecule has 0 bridgehead atoms. The number of ether oxygens (including phenoxy) is 1. The third-order valence-corrected chi connectivity index (χ3v) is 3.39. The predicted molar refractivity (Wildman–Crippen MR) is 58.1 cm³/mol. The molecular weight excluding hydrogens is 230 g/mol. The van der Waals surface area contributed by atoms with E-state index in [0.29, 0.717) is 6.54 Å². The van der Waals surface area contributed by atoms with Gasteiger partial charge in [0.1, 0.15) is 5.75 Å². The van der Waals surface area contributed by atoms with Crippen molar-refractivity contribution in [2.45, 2.75) is 20.4 Å². The van der Waals surface area contributed by atoms with Crippen molar-refractivity contribution in [2.24, 2.45) is 5.73 Å². The molecule has 72 valence electrons. The van der Waals surface area contributed by atoms with Crippen LogP contribution >= 0.6 is 15.9 Å². The predicted octanol–water partition coefficient (Wildman–Crippen LogP) is 2.53. The average Bonchev–Trinajstić information content (AvgIpc) is 2.15. The molecule has 1 aromatic carbocycles. The highest BCUT2D eigenvalue weighted by Crippen LogP contribution is 2.31. The van der Waals surface area contributed by atoms with Gasteiger partial charge < -0.3 is 10.5 Å². The Kier molecular flexibility index (Phi) is 3.33. The number of halogens is 1. The Morgan fingerprint density at radius 2 is 2.00 bits per heavy atom. The third kappa shape index (κ3) is 1.86. The molecule has 0 amide bonds. The van der Waals surface area contributed by atoms with E-state index in [9.17, 15) is 0 Å². The van der Waals surface area contributed by atoms with E-state index in [1.165, 1.54) is 5.56 Å². The molecule has 0 radical (unpaired) electrons. The van der Waals surface area contributed by atoms with Crippen LogP contribution in [0.15, 0.2) is 10.5 Å². The van der Waals surface area contributed by atoms with Gasteiger partial charge in [-0.25, -0.2) is 0 Å². The molecule has 0 saturated carbocycles. The lowest BCUT2D eigenvalue weighted by molar-refractivity contribution is 0.410. The number of benzene rings is 1. The zero-order chi connectivity index (χ0) is 10.0. The Balaban J connectivity index is 3.36. The smallest absolute Gasteiger partial charge is 0.122 e. The number of hydrogen-bond donors (Lipinski definition) is 1. The highest BCUT2D eigenvalue weighted by molar-refractivity contribution is 9.10. The van der Waals surface area contributed by atoms with Crippen molar-refractivity contribution in [1.82, 2.24) is 0 Å². The summed E-state index contributed by atoms with van der Waals surface area (Å²) in [7, 11) is 1.68. The van der Waals surface area contributed by atoms with E-state index < -0.39 is 0 Å². The molecule has 3 heteroatoms. The fraction of sp³-hybridized carbons (Fsp3) is 0.400. The second kappa shape index (κ2) is 4.11. The quantitative estimate of drug-likeness (QED) is 0.867. The maximum atomic E-state index is 5.61. The highest BCUT2D eigenvalue weighted by atomic mass is 79.9. The second-order valence-corrected chi connectivity index (χ2v) is 3.80. The van der Waals surface area contributed by atoms with Gasteiger partial charge in [0.15, 0.2) is 0 Å². The Morgan fingerprint density at radius 3 is 2.46 bits per heavy atom. The monoisotopic (exact) mass is 243 g/mol. The van der Waals surface area contributed by atoms with Crippen molar-refractivity contribution >= 4 is 15.9 Å². The summed E-state index contributed by atoms with van der Waals surface area (Å²) in [6.45, 7) is 4.62. The molecule has 0 spiro atoms. The fourth-order valence-electron chi connectivity index (χ4n) is 1.28. The molecule has 0 saturated heterocycles. The van der Waals surface area contributed by atoms with Crippen LogP contribution in [-0.4, -0.2) is 7.11 Å². The van der Waals surface area contributed by atoms with E-state index in [1.54, 1.807) is 7.11 Å². The Bertz CT molecular complexity index is 295. The van der Waals surface area contributed by atoms with Gasteiger partial charge in [0.2, 0.25) is 0 Å². The van der Waals surface area contributed by atoms with Gasteiger partial charge in [0.25, 0.3) is 0 Å². The summed E-state index contributed by atoms with van der Waals surface area (Å²) < 4.78 is 6.34.